The molecule has 29 heavy (non-hydrogen) atoms. The van der Waals surface area contributed by atoms with E-state index in [-0.39, 0.29) is 0 Å². The van der Waals surface area contributed by atoms with Gasteiger partial charge in [0, 0.05) is 49.2 Å². The van der Waals surface area contributed by atoms with Crippen LogP contribution in [0.5, 0.6) is 0 Å². The van der Waals surface area contributed by atoms with E-state index in [2.05, 4.69) is 0 Å². The van der Waals surface area contributed by atoms with E-state index in [1.807, 2.05) is 20.8 Å². The van der Waals surface area contributed by atoms with Gasteiger partial charge in [-0.1, -0.05) is 0 Å². The summed E-state index contributed by atoms with van der Waals surface area (Å²) in [6.45, 7) is 6.08. The summed E-state index contributed by atoms with van der Waals surface area (Å²) >= 11 is 10.6. The highest BCUT2D eigenvalue weighted by molar-refractivity contribution is 8.06. The molecule has 0 fully saturated rings. The molecule has 4 nitrogen and oxygen atoms in total. The van der Waals surface area contributed by atoms with Crippen LogP contribution in [0.15, 0.2) is 32.0 Å². The Morgan fingerprint density at radius 2 is 0.897 bits per heavy atom. The van der Waals surface area contributed by atoms with Crippen molar-refractivity contribution in [2.24, 2.45) is 0 Å². The summed E-state index contributed by atoms with van der Waals surface area (Å²) in [4.78, 5) is 3.19. The van der Waals surface area contributed by atoms with Crippen LogP contribution in [0.3, 0.4) is 0 Å². The number of hydrogen-bond donors (Lipinski definition) is 0. The smallest absolute Gasteiger partial charge is 0.389 e. The zero-order chi connectivity index (χ0) is 20.7. The van der Waals surface area contributed by atoms with Gasteiger partial charge in [0.15, 0.2) is 0 Å². The number of phosphoric acid groups is 1. The van der Waals surface area contributed by atoms with Crippen molar-refractivity contribution in [3.63, 3.8) is 0 Å². The van der Waals surface area contributed by atoms with Crippen LogP contribution >= 0.6 is 78.4 Å². The fourth-order valence-electron chi connectivity index (χ4n) is 2.53. The van der Waals surface area contributed by atoms with Crippen LogP contribution in [-0.4, -0.2) is 51.8 Å². The average molecular weight is 531 g/mol. The molecule has 0 saturated carbocycles. The minimum absolute atomic E-state index is 0.693. The third-order valence-electron chi connectivity index (χ3n) is 4.18. The molecule has 0 aromatic heterocycles. The summed E-state index contributed by atoms with van der Waals surface area (Å²) in [7, 11) is -3.85. The molecule has 0 bridgehead atoms. The Bertz CT molecular complexity index is 641. The number of rotatable bonds is 6. The van der Waals surface area contributed by atoms with Crippen LogP contribution in [0, 0.1) is 0 Å². The highest BCUT2D eigenvalue weighted by atomic mass is 32.2. The van der Waals surface area contributed by atoms with Gasteiger partial charge in [-0.05, 0) is 20.8 Å². The summed E-state index contributed by atoms with van der Waals surface area (Å²) in [5.74, 6) is 10.5. The first-order chi connectivity index (χ1) is 14.0. The summed E-state index contributed by atoms with van der Waals surface area (Å²) in [5.41, 5.74) is 0. The Kier molecular flexibility index (Phi) is 10.4. The van der Waals surface area contributed by atoms with Gasteiger partial charge in [0.25, 0.3) is 0 Å². The molecule has 0 spiro atoms. The molecule has 0 aromatic carbocycles. The summed E-state index contributed by atoms with van der Waals surface area (Å²) in [5, 5.41) is 0. The molecule has 0 atom stereocenters. The molecule has 0 aliphatic carbocycles. The predicted molar refractivity (Wildman–Crippen MR) is 138 cm³/mol. The average Bonchev–Trinajstić information content (AvgIpc) is 3.10. The van der Waals surface area contributed by atoms with E-state index in [9.17, 15) is 4.57 Å². The van der Waals surface area contributed by atoms with Gasteiger partial charge in [-0.25, -0.2) is 0 Å². The first-order valence-corrected chi connectivity index (χ1v) is 17.2. The minimum Gasteiger partial charge on any atom is -0.389 e. The second kappa shape index (κ2) is 12.3. The maximum atomic E-state index is 14.0. The lowest BCUT2D eigenvalue weighted by atomic mass is 10.5. The predicted octanol–water partition coefficient (Wildman–Crippen LogP) is 7.28. The Balaban J connectivity index is 1.88. The standard InChI is InChI=1S/C18H27O4PS6/c1-13-16(10-24-4-7-27-13)20-23(19,21-17-11-25-5-8-28-14(17)2)22-18-12-26-6-9-29-15(18)3/h4-12H2,1-3H3. The SMILES string of the molecule is CC1=C(OP(=O)(OC2=C(C)SCCSC2)OC2=C(C)SCCSC2)CSCCS1. The van der Waals surface area contributed by atoms with E-state index in [1.54, 1.807) is 70.6 Å². The van der Waals surface area contributed by atoms with Gasteiger partial charge in [0.2, 0.25) is 0 Å². The normalized spacial score (nSPS) is 22.7. The zero-order valence-electron chi connectivity index (χ0n) is 16.9. The van der Waals surface area contributed by atoms with Crippen molar-refractivity contribution in [3.8, 4) is 0 Å². The maximum absolute atomic E-state index is 14.0. The van der Waals surface area contributed by atoms with Crippen molar-refractivity contribution in [3.05, 3.63) is 32.0 Å². The van der Waals surface area contributed by atoms with E-state index in [0.717, 1.165) is 66.5 Å². The van der Waals surface area contributed by atoms with Crippen molar-refractivity contribution in [2.45, 2.75) is 20.8 Å². The zero-order valence-corrected chi connectivity index (χ0v) is 22.7. The highest BCUT2D eigenvalue weighted by Gasteiger charge is 2.38. The monoisotopic (exact) mass is 530 g/mol. The molecule has 0 amide bonds. The highest BCUT2D eigenvalue weighted by Crippen LogP contribution is 2.58. The van der Waals surface area contributed by atoms with Crippen LogP contribution in [-0.2, 0) is 18.1 Å². The minimum atomic E-state index is -3.85. The molecule has 0 N–H and O–H groups in total. The van der Waals surface area contributed by atoms with Crippen molar-refractivity contribution >= 4 is 78.4 Å². The van der Waals surface area contributed by atoms with Gasteiger partial charge in [-0.15, -0.1) is 35.3 Å². The number of hydrogen-bond acceptors (Lipinski definition) is 10. The van der Waals surface area contributed by atoms with Crippen molar-refractivity contribution in [2.75, 3.05) is 51.8 Å². The molecule has 0 saturated heterocycles. The van der Waals surface area contributed by atoms with Gasteiger partial charge >= 0.3 is 7.82 Å². The Morgan fingerprint density at radius 1 is 0.586 bits per heavy atom. The van der Waals surface area contributed by atoms with Gasteiger partial charge in [0.1, 0.15) is 17.3 Å². The molecular formula is C18H27O4PS6. The number of thioether (sulfide) groups is 6. The Hall–Kier alpha value is 0.950. The molecule has 0 aromatic rings. The Labute approximate surface area is 199 Å². The molecule has 3 heterocycles. The first kappa shape index (κ1) is 24.6. The quantitative estimate of drug-likeness (QED) is 0.327. The largest absolute Gasteiger partial charge is 0.646 e. The van der Waals surface area contributed by atoms with E-state index in [0.29, 0.717) is 17.3 Å². The topological polar surface area (TPSA) is 44.8 Å². The van der Waals surface area contributed by atoms with E-state index in [1.165, 1.54) is 0 Å². The van der Waals surface area contributed by atoms with E-state index < -0.39 is 7.82 Å². The van der Waals surface area contributed by atoms with Gasteiger partial charge in [-0.3, -0.25) is 0 Å². The van der Waals surface area contributed by atoms with Gasteiger partial charge in [-0.2, -0.15) is 39.9 Å². The molecular weight excluding hydrogens is 504 g/mol. The third kappa shape index (κ3) is 7.79. The molecule has 3 aliphatic heterocycles. The second-order valence-electron chi connectivity index (χ2n) is 6.36. The molecule has 11 heteroatoms. The lowest BCUT2D eigenvalue weighted by Gasteiger charge is -2.24. The van der Waals surface area contributed by atoms with E-state index >= 15 is 0 Å². The lowest BCUT2D eigenvalue weighted by molar-refractivity contribution is 0.195. The summed E-state index contributed by atoms with van der Waals surface area (Å²) in [6, 6.07) is 0. The molecule has 0 radical (unpaired) electrons. The molecule has 0 unspecified atom stereocenters. The van der Waals surface area contributed by atoms with E-state index in [4.69, 9.17) is 13.6 Å². The summed E-state index contributed by atoms with van der Waals surface area (Å²) in [6.07, 6.45) is 0. The molecule has 3 aliphatic rings. The Morgan fingerprint density at radius 3 is 1.21 bits per heavy atom. The van der Waals surface area contributed by atoms with Crippen LogP contribution < -0.4 is 0 Å². The lowest BCUT2D eigenvalue weighted by Crippen LogP contribution is -2.06. The van der Waals surface area contributed by atoms with Gasteiger partial charge < -0.3 is 13.6 Å². The van der Waals surface area contributed by atoms with Crippen LogP contribution in [0.2, 0.25) is 0 Å². The second-order valence-corrected chi connectivity index (χ2v) is 15.0. The van der Waals surface area contributed by atoms with Crippen molar-refractivity contribution in [1.82, 2.24) is 0 Å². The molecule has 164 valence electrons. The van der Waals surface area contributed by atoms with Crippen molar-refractivity contribution in [1.29, 1.82) is 0 Å². The number of allylic oxidation sites excluding steroid dienone is 3. The van der Waals surface area contributed by atoms with Crippen LogP contribution in [0.4, 0.5) is 0 Å². The third-order valence-corrected chi connectivity index (χ3v) is 12.4. The fraction of sp³-hybridized carbons (Fsp3) is 0.667. The maximum Gasteiger partial charge on any atom is 0.646 e. The van der Waals surface area contributed by atoms with Crippen molar-refractivity contribution < 1.29 is 18.1 Å². The first-order valence-electron chi connectivity index (χ1n) is 9.36. The van der Waals surface area contributed by atoms with Gasteiger partial charge in [0.05, 0.1) is 17.3 Å². The summed E-state index contributed by atoms with van der Waals surface area (Å²) < 4.78 is 32.3. The molecule has 3 rings (SSSR count). The fourth-order valence-corrected chi connectivity index (χ4v) is 10.8. The van der Waals surface area contributed by atoms with Crippen LogP contribution in [0.25, 0.3) is 0 Å². The number of phosphoric ester groups is 1. The van der Waals surface area contributed by atoms with Crippen LogP contribution in [0.1, 0.15) is 20.8 Å².